The van der Waals surface area contributed by atoms with Gasteiger partial charge in [0.15, 0.2) is 0 Å². The first kappa shape index (κ1) is 16.1. The zero-order valence-corrected chi connectivity index (χ0v) is 10.4. The Morgan fingerprint density at radius 3 is 2.40 bits per heavy atom. The van der Waals surface area contributed by atoms with Crippen LogP contribution in [0.3, 0.4) is 0 Å². The van der Waals surface area contributed by atoms with Gasteiger partial charge < -0.3 is 9.47 Å². The van der Waals surface area contributed by atoms with E-state index in [0.29, 0.717) is 0 Å². The van der Waals surface area contributed by atoms with Gasteiger partial charge in [-0.3, -0.25) is 0 Å². The summed E-state index contributed by atoms with van der Waals surface area (Å²) in [6, 6.07) is 0.255. The fourth-order valence-corrected chi connectivity index (χ4v) is 1.41. The van der Waals surface area contributed by atoms with E-state index < -0.39 is 41.3 Å². The molecule has 0 aliphatic rings. The summed E-state index contributed by atoms with van der Waals surface area (Å²) in [7, 11) is 0.858. The summed E-state index contributed by atoms with van der Waals surface area (Å²) in [6.07, 6.45) is -8.15. The van der Waals surface area contributed by atoms with E-state index in [1.807, 2.05) is 0 Å². The van der Waals surface area contributed by atoms with Crippen molar-refractivity contribution in [2.45, 2.75) is 19.5 Å². The molecule has 0 bridgehead atoms. The van der Waals surface area contributed by atoms with Gasteiger partial charge in [0.1, 0.15) is 11.3 Å². The Labute approximate surface area is 110 Å². The number of aromatic nitrogens is 1. The van der Waals surface area contributed by atoms with E-state index in [1.54, 1.807) is 0 Å². The molecule has 4 nitrogen and oxygen atoms in total. The van der Waals surface area contributed by atoms with Gasteiger partial charge in [-0.25, -0.2) is 18.6 Å². The topological polar surface area (TPSA) is 48.4 Å². The van der Waals surface area contributed by atoms with Crippen LogP contribution in [-0.4, -0.2) is 24.7 Å². The van der Waals surface area contributed by atoms with Gasteiger partial charge in [-0.2, -0.15) is 13.2 Å². The average Bonchev–Trinajstić information content (AvgIpc) is 2.36. The molecule has 0 unspecified atom stereocenters. The van der Waals surface area contributed by atoms with E-state index in [-0.39, 0.29) is 12.7 Å². The van der Waals surface area contributed by atoms with Crippen molar-refractivity contribution < 1.29 is 36.2 Å². The number of nitrogens with zero attached hydrogens (tertiary/aromatic N) is 1. The molecular weight excluding hydrogens is 289 g/mol. The van der Waals surface area contributed by atoms with E-state index in [2.05, 4.69) is 14.5 Å². The lowest BCUT2D eigenvalue weighted by Crippen LogP contribution is -2.16. The standard InChI is InChI=1S/C11H10F5NO3/c1-3-20-10(18)5-4-6(11(14,15)16)9(19-2)17-7(5)8(12)13/h4,8H,3H2,1-2H3. The average molecular weight is 299 g/mol. The van der Waals surface area contributed by atoms with Crippen molar-refractivity contribution in [1.82, 2.24) is 4.98 Å². The number of methoxy groups -OCH3 is 1. The molecular formula is C11H10F5NO3. The Hall–Kier alpha value is -1.93. The molecule has 0 spiro atoms. The lowest BCUT2D eigenvalue weighted by Gasteiger charge is -2.15. The molecule has 0 N–H and O–H groups in total. The largest absolute Gasteiger partial charge is 0.481 e. The maximum Gasteiger partial charge on any atom is 0.421 e. The second-order valence-electron chi connectivity index (χ2n) is 3.50. The zero-order chi connectivity index (χ0) is 15.5. The van der Waals surface area contributed by atoms with Crippen LogP contribution in [0, 0.1) is 0 Å². The molecule has 0 aliphatic carbocycles. The minimum Gasteiger partial charge on any atom is -0.481 e. The number of rotatable bonds is 4. The molecule has 0 amide bonds. The van der Waals surface area contributed by atoms with Gasteiger partial charge in [0.2, 0.25) is 5.88 Å². The van der Waals surface area contributed by atoms with Crippen molar-refractivity contribution >= 4 is 5.97 Å². The van der Waals surface area contributed by atoms with Crippen molar-refractivity contribution in [2.24, 2.45) is 0 Å². The molecule has 0 saturated heterocycles. The Bertz CT molecular complexity index is 502. The number of alkyl halides is 5. The van der Waals surface area contributed by atoms with Crippen LogP contribution in [0.5, 0.6) is 5.88 Å². The van der Waals surface area contributed by atoms with Gasteiger partial charge in [0.05, 0.1) is 19.3 Å². The number of hydrogen-bond donors (Lipinski definition) is 0. The Kier molecular flexibility index (Phi) is 4.85. The molecule has 20 heavy (non-hydrogen) atoms. The second-order valence-corrected chi connectivity index (χ2v) is 3.50. The fourth-order valence-electron chi connectivity index (χ4n) is 1.41. The van der Waals surface area contributed by atoms with Crippen LogP contribution < -0.4 is 4.74 Å². The summed E-state index contributed by atoms with van der Waals surface area (Å²) in [5.41, 5.74) is -3.48. The van der Waals surface area contributed by atoms with Crippen molar-refractivity contribution in [3.63, 3.8) is 0 Å². The summed E-state index contributed by atoms with van der Waals surface area (Å²) in [5.74, 6) is -2.33. The quantitative estimate of drug-likeness (QED) is 0.632. The van der Waals surface area contributed by atoms with Crippen LogP contribution in [0.4, 0.5) is 22.0 Å². The molecule has 1 rings (SSSR count). The first-order chi connectivity index (χ1) is 9.22. The number of hydrogen-bond acceptors (Lipinski definition) is 4. The van der Waals surface area contributed by atoms with E-state index in [4.69, 9.17) is 0 Å². The second kappa shape index (κ2) is 6.02. The molecule has 1 aromatic rings. The highest BCUT2D eigenvalue weighted by molar-refractivity contribution is 5.91. The minimum atomic E-state index is -4.90. The molecule has 1 heterocycles. The molecule has 0 radical (unpaired) electrons. The maximum absolute atomic E-state index is 12.8. The minimum absolute atomic E-state index is 0.172. The highest BCUT2D eigenvalue weighted by atomic mass is 19.4. The van der Waals surface area contributed by atoms with Crippen LogP contribution in [0.1, 0.15) is 35.0 Å². The van der Waals surface area contributed by atoms with Crippen LogP contribution in [0.25, 0.3) is 0 Å². The molecule has 0 atom stereocenters. The van der Waals surface area contributed by atoms with Gasteiger partial charge in [0, 0.05) is 0 Å². The summed E-state index contributed by atoms with van der Waals surface area (Å²) in [6.45, 7) is 1.22. The number of halogens is 5. The summed E-state index contributed by atoms with van der Waals surface area (Å²) < 4.78 is 72.5. The third-order valence-electron chi connectivity index (χ3n) is 2.22. The number of esters is 1. The van der Waals surface area contributed by atoms with Crippen molar-refractivity contribution in [3.8, 4) is 5.88 Å². The number of carbonyl (C=O) groups is 1. The van der Waals surface area contributed by atoms with E-state index >= 15 is 0 Å². The highest BCUT2D eigenvalue weighted by Crippen LogP contribution is 2.38. The molecule has 0 saturated carbocycles. The fraction of sp³-hybridized carbons (Fsp3) is 0.455. The first-order valence-corrected chi connectivity index (χ1v) is 5.33. The summed E-state index contributed by atoms with van der Waals surface area (Å²) >= 11 is 0. The van der Waals surface area contributed by atoms with E-state index in [0.717, 1.165) is 7.11 Å². The van der Waals surface area contributed by atoms with Crippen LogP contribution >= 0.6 is 0 Å². The van der Waals surface area contributed by atoms with Gasteiger partial charge in [0.25, 0.3) is 6.43 Å². The highest BCUT2D eigenvalue weighted by Gasteiger charge is 2.38. The van der Waals surface area contributed by atoms with Gasteiger partial charge in [-0.1, -0.05) is 0 Å². The first-order valence-electron chi connectivity index (χ1n) is 5.33. The summed E-state index contributed by atoms with van der Waals surface area (Å²) in [5, 5.41) is 0. The third-order valence-corrected chi connectivity index (χ3v) is 2.22. The normalized spacial score (nSPS) is 11.6. The molecule has 112 valence electrons. The Morgan fingerprint density at radius 2 is 2.00 bits per heavy atom. The molecule has 0 aliphatic heterocycles. The predicted molar refractivity (Wildman–Crippen MR) is 56.7 cm³/mol. The molecule has 0 aromatic carbocycles. The van der Waals surface area contributed by atoms with Crippen molar-refractivity contribution in [2.75, 3.05) is 13.7 Å². The zero-order valence-electron chi connectivity index (χ0n) is 10.4. The monoisotopic (exact) mass is 299 g/mol. The van der Waals surface area contributed by atoms with E-state index in [1.165, 1.54) is 6.92 Å². The van der Waals surface area contributed by atoms with Crippen molar-refractivity contribution in [3.05, 3.63) is 22.9 Å². The van der Waals surface area contributed by atoms with Gasteiger partial charge in [-0.05, 0) is 13.0 Å². The number of ether oxygens (including phenoxy) is 2. The van der Waals surface area contributed by atoms with Gasteiger partial charge in [-0.15, -0.1) is 0 Å². The summed E-state index contributed by atoms with van der Waals surface area (Å²) in [4.78, 5) is 14.5. The van der Waals surface area contributed by atoms with Crippen LogP contribution in [-0.2, 0) is 10.9 Å². The lowest BCUT2D eigenvalue weighted by atomic mass is 10.1. The predicted octanol–water partition coefficient (Wildman–Crippen LogP) is 3.22. The van der Waals surface area contributed by atoms with Crippen LogP contribution in [0.2, 0.25) is 0 Å². The molecule has 1 aromatic heterocycles. The smallest absolute Gasteiger partial charge is 0.421 e. The SMILES string of the molecule is CCOC(=O)c1cc(C(F)(F)F)c(OC)nc1C(F)F. The van der Waals surface area contributed by atoms with Crippen LogP contribution in [0.15, 0.2) is 6.07 Å². The third kappa shape index (κ3) is 3.34. The molecule has 0 fully saturated rings. The number of carbonyl (C=O) groups excluding carboxylic acids is 1. The maximum atomic E-state index is 12.8. The Balaban J connectivity index is 3.51. The van der Waals surface area contributed by atoms with E-state index in [9.17, 15) is 26.7 Å². The van der Waals surface area contributed by atoms with Gasteiger partial charge >= 0.3 is 12.1 Å². The Morgan fingerprint density at radius 1 is 1.40 bits per heavy atom. The van der Waals surface area contributed by atoms with Crippen molar-refractivity contribution in [1.29, 1.82) is 0 Å². The number of pyridine rings is 1. The lowest BCUT2D eigenvalue weighted by molar-refractivity contribution is -0.139. The molecule has 9 heteroatoms.